The minimum Gasteiger partial charge on any atom is -0.453 e. The summed E-state index contributed by atoms with van der Waals surface area (Å²) in [4.78, 5) is 24.7. The zero-order valence-electron chi connectivity index (χ0n) is 10.7. The van der Waals surface area contributed by atoms with E-state index < -0.39 is 0 Å². The van der Waals surface area contributed by atoms with Crippen LogP contribution in [0.4, 0.5) is 4.79 Å². The highest BCUT2D eigenvalue weighted by atomic mass is 16.5. The lowest BCUT2D eigenvalue weighted by Crippen LogP contribution is -2.44. The van der Waals surface area contributed by atoms with E-state index in [0.29, 0.717) is 19.5 Å². The number of hydrogen-bond donors (Lipinski definition) is 1. The van der Waals surface area contributed by atoms with Crippen molar-refractivity contribution in [2.75, 3.05) is 20.2 Å². The molecule has 17 heavy (non-hydrogen) atoms. The summed E-state index contributed by atoms with van der Waals surface area (Å²) < 4.78 is 4.72. The molecule has 1 N–H and O–H groups in total. The number of nitrogens with zero attached hydrogens (tertiary/aromatic N) is 1. The first kappa shape index (κ1) is 13.8. The van der Waals surface area contributed by atoms with E-state index in [1.807, 2.05) is 6.92 Å². The van der Waals surface area contributed by atoms with Crippen molar-refractivity contribution < 1.29 is 14.3 Å². The second-order valence-electron chi connectivity index (χ2n) is 4.43. The van der Waals surface area contributed by atoms with Crippen LogP contribution in [0, 0.1) is 0 Å². The first-order valence-corrected chi connectivity index (χ1v) is 6.29. The predicted octanol–water partition coefficient (Wildman–Crippen LogP) is 1.52. The fourth-order valence-electron chi connectivity index (χ4n) is 2.08. The number of carbonyl (C=O) groups is 2. The van der Waals surface area contributed by atoms with Crippen molar-refractivity contribution >= 4 is 12.0 Å². The minimum atomic E-state index is -0.304. The third kappa shape index (κ3) is 4.63. The van der Waals surface area contributed by atoms with E-state index in [1.54, 1.807) is 4.90 Å². The van der Waals surface area contributed by atoms with E-state index in [0.717, 1.165) is 25.7 Å². The van der Waals surface area contributed by atoms with Crippen molar-refractivity contribution in [3.05, 3.63) is 0 Å². The largest absolute Gasteiger partial charge is 0.453 e. The molecular formula is C12H22N2O3. The van der Waals surface area contributed by atoms with E-state index in [2.05, 4.69) is 5.32 Å². The first-order valence-electron chi connectivity index (χ1n) is 6.29. The lowest BCUT2D eigenvalue weighted by Gasteiger charge is -2.23. The van der Waals surface area contributed by atoms with Crippen molar-refractivity contribution in [1.82, 2.24) is 10.2 Å². The Morgan fingerprint density at radius 1 is 1.41 bits per heavy atom. The van der Waals surface area contributed by atoms with Crippen molar-refractivity contribution in [3.63, 3.8) is 0 Å². The summed E-state index contributed by atoms with van der Waals surface area (Å²) in [7, 11) is 1.39. The maximum Gasteiger partial charge on any atom is 0.409 e. The Morgan fingerprint density at radius 2 is 2.18 bits per heavy atom. The molecule has 5 heteroatoms. The number of methoxy groups -OCH3 is 1. The Bertz CT molecular complexity index is 268. The normalized spacial score (nSPS) is 20.6. The van der Waals surface area contributed by atoms with Crippen LogP contribution in [0.3, 0.4) is 0 Å². The van der Waals surface area contributed by atoms with E-state index in [4.69, 9.17) is 4.74 Å². The molecule has 2 amide bonds. The molecule has 98 valence electrons. The Kier molecular flexibility index (Phi) is 5.80. The van der Waals surface area contributed by atoms with Gasteiger partial charge in [-0.1, -0.05) is 6.92 Å². The molecule has 1 unspecified atom stereocenters. The lowest BCUT2D eigenvalue weighted by atomic mass is 10.1. The lowest BCUT2D eigenvalue weighted by molar-refractivity contribution is -0.121. The minimum absolute atomic E-state index is 0.0654. The van der Waals surface area contributed by atoms with Crippen LogP contribution >= 0.6 is 0 Å². The van der Waals surface area contributed by atoms with E-state index >= 15 is 0 Å². The van der Waals surface area contributed by atoms with Gasteiger partial charge in [0.1, 0.15) is 0 Å². The summed E-state index contributed by atoms with van der Waals surface area (Å²) in [5, 5.41) is 2.98. The summed E-state index contributed by atoms with van der Waals surface area (Å²) in [5.74, 6) is 0.0733. The zero-order valence-corrected chi connectivity index (χ0v) is 10.7. The predicted molar refractivity (Wildman–Crippen MR) is 64.7 cm³/mol. The van der Waals surface area contributed by atoms with Gasteiger partial charge in [-0.25, -0.2) is 4.79 Å². The van der Waals surface area contributed by atoms with Gasteiger partial charge in [0.15, 0.2) is 0 Å². The molecule has 1 atom stereocenters. The summed E-state index contributed by atoms with van der Waals surface area (Å²) in [5.41, 5.74) is 0. The third-order valence-corrected chi connectivity index (χ3v) is 2.95. The van der Waals surface area contributed by atoms with Crippen molar-refractivity contribution in [2.24, 2.45) is 0 Å². The fourth-order valence-corrected chi connectivity index (χ4v) is 2.08. The van der Waals surface area contributed by atoms with Gasteiger partial charge in [-0.2, -0.15) is 0 Å². The molecule has 0 saturated carbocycles. The average Bonchev–Trinajstić information content (AvgIpc) is 2.54. The quantitative estimate of drug-likeness (QED) is 0.816. The Morgan fingerprint density at radius 3 is 2.82 bits per heavy atom. The molecule has 0 aromatic carbocycles. The molecule has 0 spiro atoms. The van der Waals surface area contributed by atoms with Crippen LogP contribution in [0.2, 0.25) is 0 Å². The van der Waals surface area contributed by atoms with Gasteiger partial charge in [-0.3, -0.25) is 4.79 Å². The molecule has 1 saturated heterocycles. The Labute approximate surface area is 102 Å². The molecule has 0 radical (unpaired) electrons. The van der Waals surface area contributed by atoms with E-state index in [-0.39, 0.29) is 18.0 Å². The van der Waals surface area contributed by atoms with Crippen molar-refractivity contribution in [1.29, 1.82) is 0 Å². The molecule has 0 aromatic heterocycles. The average molecular weight is 242 g/mol. The highest BCUT2D eigenvalue weighted by molar-refractivity contribution is 5.76. The van der Waals surface area contributed by atoms with Gasteiger partial charge in [0, 0.05) is 25.6 Å². The molecule has 1 heterocycles. The molecule has 5 nitrogen and oxygen atoms in total. The number of ether oxygens (including phenoxy) is 1. The van der Waals surface area contributed by atoms with E-state index in [1.165, 1.54) is 7.11 Å². The summed E-state index contributed by atoms with van der Waals surface area (Å²) in [6.45, 7) is 3.25. The van der Waals surface area contributed by atoms with Crippen LogP contribution in [0.5, 0.6) is 0 Å². The van der Waals surface area contributed by atoms with Crippen LogP contribution in [0.1, 0.15) is 39.0 Å². The van der Waals surface area contributed by atoms with Crippen LogP contribution in [0.15, 0.2) is 0 Å². The van der Waals surface area contributed by atoms with Crippen LogP contribution in [0.25, 0.3) is 0 Å². The van der Waals surface area contributed by atoms with Gasteiger partial charge in [-0.05, 0) is 25.7 Å². The maximum atomic E-state index is 11.5. The molecule has 1 aliphatic rings. The number of rotatable bonds is 3. The number of amides is 2. The van der Waals surface area contributed by atoms with Crippen molar-refractivity contribution in [3.8, 4) is 0 Å². The molecule has 0 aliphatic carbocycles. The van der Waals surface area contributed by atoms with E-state index in [9.17, 15) is 9.59 Å². The smallest absolute Gasteiger partial charge is 0.409 e. The molecule has 1 rings (SSSR count). The standard InChI is InChI=1S/C12H22N2O3/c1-3-6-11(15)13-10-7-4-5-8-14(9-10)12(16)17-2/h10H,3-9H2,1-2H3,(H,13,15). The summed E-state index contributed by atoms with van der Waals surface area (Å²) in [6, 6.07) is 0.0654. The monoisotopic (exact) mass is 242 g/mol. The Balaban J connectivity index is 2.48. The highest BCUT2D eigenvalue weighted by Crippen LogP contribution is 2.12. The van der Waals surface area contributed by atoms with Gasteiger partial charge < -0.3 is 15.0 Å². The van der Waals surface area contributed by atoms with Crippen LogP contribution < -0.4 is 5.32 Å². The van der Waals surface area contributed by atoms with Gasteiger partial charge >= 0.3 is 6.09 Å². The Hall–Kier alpha value is -1.26. The van der Waals surface area contributed by atoms with Crippen molar-refractivity contribution in [2.45, 2.75) is 45.1 Å². The summed E-state index contributed by atoms with van der Waals surface area (Å²) >= 11 is 0. The van der Waals surface area contributed by atoms with Gasteiger partial charge in [0.25, 0.3) is 0 Å². The number of carbonyl (C=O) groups excluding carboxylic acids is 2. The third-order valence-electron chi connectivity index (χ3n) is 2.95. The molecule has 1 fully saturated rings. The van der Waals surface area contributed by atoms with Crippen LogP contribution in [-0.4, -0.2) is 43.1 Å². The summed E-state index contributed by atoms with van der Waals surface area (Å²) in [6.07, 6.45) is 4.03. The fraction of sp³-hybridized carbons (Fsp3) is 0.833. The molecule has 0 bridgehead atoms. The van der Waals surface area contributed by atoms with Gasteiger partial charge in [-0.15, -0.1) is 0 Å². The van der Waals surface area contributed by atoms with Gasteiger partial charge in [0.05, 0.1) is 7.11 Å². The molecular weight excluding hydrogens is 220 g/mol. The number of nitrogens with one attached hydrogen (secondary N) is 1. The molecule has 0 aromatic rings. The zero-order chi connectivity index (χ0) is 12.7. The van der Waals surface area contributed by atoms with Gasteiger partial charge in [0.2, 0.25) is 5.91 Å². The number of likely N-dealkylation sites (tertiary alicyclic amines) is 1. The first-order chi connectivity index (χ1) is 8.17. The number of hydrogen-bond acceptors (Lipinski definition) is 3. The second-order valence-corrected chi connectivity index (χ2v) is 4.43. The second kappa shape index (κ2) is 7.14. The SMILES string of the molecule is CCCC(=O)NC1CCCCN(C(=O)OC)C1. The van der Waals surface area contributed by atoms with Crippen LogP contribution in [-0.2, 0) is 9.53 Å². The topological polar surface area (TPSA) is 58.6 Å². The molecule has 1 aliphatic heterocycles. The maximum absolute atomic E-state index is 11.5. The highest BCUT2D eigenvalue weighted by Gasteiger charge is 2.23.